The largest absolute Gasteiger partial charge is 0.497 e. The fraction of sp³-hybridized carbons (Fsp3) is 0.143. The van der Waals surface area contributed by atoms with E-state index in [1.807, 2.05) is 43.3 Å². The first-order chi connectivity index (χ1) is 13.5. The van der Waals surface area contributed by atoms with Crippen LogP contribution in [-0.4, -0.2) is 18.1 Å². The normalized spacial score (nSPS) is 11.5. The highest BCUT2D eigenvalue weighted by Crippen LogP contribution is 2.25. The minimum atomic E-state index is -0.350. The summed E-state index contributed by atoms with van der Waals surface area (Å²) in [5, 5.41) is 6.00. The third-order valence-corrected chi connectivity index (χ3v) is 4.82. The van der Waals surface area contributed by atoms with Crippen molar-refractivity contribution in [3.63, 3.8) is 0 Å². The van der Waals surface area contributed by atoms with Gasteiger partial charge in [-0.1, -0.05) is 35.9 Å². The van der Waals surface area contributed by atoms with Crippen LogP contribution in [0.3, 0.4) is 0 Å². The molecule has 0 aromatic heterocycles. The first-order valence-corrected chi connectivity index (χ1v) is 9.45. The maximum Gasteiger partial charge on any atom is 0.245 e. The van der Waals surface area contributed by atoms with E-state index in [2.05, 4.69) is 16.2 Å². The van der Waals surface area contributed by atoms with Gasteiger partial charge in [0, 0.05) is 10.7 Å². The highest BCUT2D eigenvalue weighted by atomic mass is 35.5. The fourth-order valence-electron chi connectivity index (χ4n) is 2.71. The van der Waals surface area contributed by atoms with Gasteiger partial charge in [-0.2, -0.15) is 0 Å². The van der Waals surface area contributed by atoms with E-state index in [-0.39, 0.29) is 16.9 Å². The van der Waals surface area contributed by atoms with Gasteiger partial charge in [0.05, 0.1) is 13.0 Å². The van der Waals surface area contributed by atoms with Crippen molar-refractivity contribution in [3.8, 4) is 5.75 Å². The summed E-state index contributed by atoms with van der Waals surface area (Å²) in [4.78, 5) is 12.5. The Kier molecular flexibility index (Phi) is 6.34. The highest BCUT2D eigenvalue weighted by Gasteiger charge is 2.16. The van der Waals surface area contributed by atoms with Crippen LogP contribution in [0.4, 0.5) is 5.69 Å². The lowest BCUT2D eigenvalue weighted by Crippen LogP contribution is -2.45. The average Bonchev–Trinajstić information content (AvgIpc) is 2.72. The number of rotatable bonds is 4. The molecule has 3 N–H and O–H groups in total. The van der Waals surface area contributed by atoms with Crippen LogP contribution >= 0.6 is 23.8 Å². The third-order valence-electron chi connectivity index (χ3n) is 4.37. The number of benzene rings is 3. The molecule has 3 rings (SSSR count). The van der Waals surface area contributed by atoms with Gasteiger partial charge in [-0.25, -0.2) is 0 Å². The number of anilines is 1. The molecule has 0 radical (unpaired) electrons. The number of hydrazine groups is 1. The van der Waals surface area contributed by atoms with Crippen molar-refractivity contribution < 1.29 is 9.53 Å². The van der Waals surface area contributed by atoms with Gasteiger partial charge in [0.2, 0.25) is 5.91 Å². The molecule has 0 aliphatic carbocycles. The molecule has 0 aliphatic rings. The lowest BCUT2D eigenvalue weighted by Gasteiger charge is -2.16. The summed E-state index contributed by atoms with van der Waals surface area (Å²) in [5.41, 5.74) is 7.04. The van der Waals surface area contributed by atoms with Crippen molar-refractivity contribution in [2.45, 2.75) is 12.8 Å². The van der Waals surface area contributed by atoms with E-state index in [0.29, 0.717) is 5.02 Å². The Morgan fingerprint density at radius 1 is 1.00 bits per heavy atom. The van der Waals surface area contributed by atoms with E-state index in [4.69, 9.17) is 28.6 Å². The molecular formula is C21H20ClN3O2S. The molecule has 0 unspecified atom stereocenters. The van der Waals surface area contributed by atoms with Gasteiger partial charge in [0.1, 0.15) is 5.75 Å². The molecular weight excluding hydrogens is 394 g/mol. The monoisotopic (exact) mass is 413 g/mol. The van der Waals surface area contributed by atoms with Gasteiger partial charge in [0.15, 0.2) is 5.11 Å². The third kappa shape index (κ3) is 4.91. The molecule has 3 aromatic carbocycles. The number of hydrogen-bond acceptors (Lipinski definition) is 3. The summed E-state index contributed by atoms with van der Waals surface area (Å²) in [5.74, 6) is 0.266. The second-order valence-corrected chi connectivity index (χ2v) is 7.11. The smallest absolute Gasteiger partial charge is 0.245 e. The minimum absolute atomic E-state index is 0.187. The Bertz CT molecular complexity index is 1010. The minimum Gasteiger partial charge on any atom is -0.497 e. The molecule has 1 atom stereocenters. The van der Waals surface area contributed by atoms with Crippen LogP contribution < -0.4 is 20.9 Å². The fourth-order valence-corrected chi connectivity index (χ4v) is 3.01. The Hall–Kier alpha value is -2.83. The molecule has 0 bridgehead atoms. The number of methoxy groups -OCH3 is 1. The van der Waals surface area contributed by atoms with Gasteiger partial charge < -0.3 is 10.1 Å². The zero-order chi connectivity index (χ0) is 20.1. The number of nitrogens with one attached hydrogen (secondary N) is 3. The Labute approximate surface area is 174 Å². The summed E-state index contributed by atoms with van der Waals surface area (Å²) < 4.78 is 5.24. The zero-order valence-electron chi connectivity index (χ0n) is 15.5. The second-order valence-electron chi connectivity index (χ2n) is 6.27. The number of fused-ring (bicyclic) bond motifs is 1. The lowest BCUT2D eigenvalue weighted by molar-refractivity contribution is -0.122. The van der Waals surface area contributed by atoms with Crippen molar-refractivity contribution in [2.24, 2.45) is 0 Å². The quantitative estimate of drug-likeness (QED) is 0.430. The number of amides is 1. The van der Waals surface area contributed by atoms with Gasteiger partial charge in [-0.3, -0.25) is 15.6 Å². The van der Waals surface area contributed by atoms with Crippen LogP contribution in [0, 0.1) is 0 Å². The molecule has 3 aromatic rings. The summed E-state index contributed by atoms with van der Waals surface area (Å²) in [6.07, 6.45) is 0. The molecule has 0 spiro atoms. The number of ether oxygens (including phenoxy) is 1. The number of halogens is 1. The van der Waals surface area contributed by atoms with Gasteiger partial charge in [0.25, 0.3) is 0 Å². The summed E-state index contributed by atoms with van der Waals surface area (Å²) >= 11 is 11.1. The van der Waals surface area contributed by atoms with E-state index < -0.39 is 0 Å². The van der Waals surface area contributed by atoms with Gasteiger partial charge >= 0.3 is 0 Å². The first kappa shape index (κ1) is 19.9. The maximum atomic E-state index is 12.5. The molecule has 0 fully saturated rings. The molecule has 5 nitrogen and oxygen atoms in total. The number of carbonyl (C=O) groups excluding carboxylic acids is 1. The van der Waals surface area contributed by atoms with E-state index in [0.717, 1.165) is 27.8 Å². The summed E-state index contributed by atoms with van der Waals surface area (Å²) in [6, 6.07) is 18.9. The summed E-state index contributed by atoms with van der Waals surface area (Å²) in [7, 11) is 1.64. The number of thiocarbonyl (C=S) groups is 1. The number of hydrogen-bond donors (Lipinski definition) is 3. The molecule has 144 valence electrons. The molecule has 0 aliphatic heterocycles. The van der Waals surface area contributed by atoms with Crippen molar-refractivity contribution in [1.29, 1.82) is 0 Å². The summed E-state index contributed by atoms with van der Waals surface area (Å²) in [6.45, 7) is 1.84. The molecule has 1 amide bonds. The van der Waals surface area contributed by atoms with E-state index in [1.165, 1.54) is 0 Å². The van der Waals surface area contributed by atoms with Crippen molar-refractivity contribution in [2.75, 3.05) is 12.4 Å². The van der Waals surface area contributed by atoms with E-state index >= 15 is 0 Å². The first-order valence-electron chi connectivity index (χ1n) is 8.66. The predicted molar refractivity (Wildman–Crippen MR) is 118 cm³/mol. The van der Waals surface area contributed by atoms with Crippen LogP contribution in [0.5, 0.6) is 5.75 Å². The molecule has 28 heavy (non-hydrogen) atoms. The van der Waals surface area contributed by atoms with Crippen LogP contribution in [0.15, 0.2) is 60.7 Å². The Balaban J connectivity index is 1.59. The van der Waals surface area contributed by atoms with Crippen LogP contribution in [0.25, 0.3) is 10.8 Å². The van der Waals surface area contributed by atoms with Gasteiger partial charge in [-0.15, -0.1) is 0 Å². The van der Waals surface area contributed by atoms with Gasteiger partial charge in [-0.05, 0) is 71.9 Å². The molecule has 0 heterocycles. The topological polar surface area (TPSA) is 62.4 Å². The highest BCUT2D eigenvalue weighted by molar-refractivity contribution is 7.80. The van der Waals surface area contributed by atoms with Crippen molar-refractivity contribution in [1.82, 2.24) is 10.9 Å². The molecule has 7 heteroatoms. The van der Waals surface area contributed by atoms with Crippen LogP contribution in [0.1, 0.15) is 18.4 Å². The van der Waals surface area contributed by atoms with Crippen LogP contribution in [-0.2, 0) is 4.79 Å². The van der Waals surface area contributed by atoms with Crippen molar-refractivity contribution >= 4 is 51.3 Å². The number of carbonyl (C=O) groups is 1. The maximum absolute atomic E-state index is 12.5. The zero-order valence-corrected chi connectivity index (χ0v) is 17.0. The standard InChI is InChI=1S/C21H20ClN3O2S/c1-13(14-3-4-16-12-19(27-2)10-5-15(16)11-14)20(26)24-25-21(28)23-18-8-6-17(22)7-9-18/h3-13H,1-2H3,(H,24,26)(H2,23,25,28)/t13-/m0/s1. The van der Waals surface area contributed by atoms with E-state index in [9.17, 15) is 4.79 Å². The second kappa shape index (κ2) is 8.91. The lowest BCUT2D eigenvalue weighted by atomic mass is 9.97. The van der Waals surface area contributed by atoms with Crippen LogP contribution in [0.2, 0.25) is 5.02 Å². The van der Waals surface area contributed by atoms with E-state index in [1.54, 1.807) is 31.4 Å². The predicted octanol–water partition coefficient (Wildman–Crippen LogP) is 4.62. The Morgan fingerprint density at radius 3 is 2.39 bits per heavy atom. The average molecular weight is 414 g/mol. The molecule has 0 saturated heterocycles. The Morgan fingerprint density at radius 2 is 1.68 bits per heavy atom. The van der Waals surface area contributed by atoms with Crippen molar-refractivity contribution in [3.05, 3.63) is 71.2 Å². The molecule has 0 saturated carbocycles. The SMILES string of the molecule is COc1ccc2cc([C@H](C)C(=O)NNC(=S)Nc3ccc(Cl)cc3)ccc2c1.